The first-order valence-corrected chi connectivity index (χ1v) is 8.16. The predicted octanol–water partition coefficient (Wildman–Crippen LogP) is 2.13. The second-order valence-electron chi connectivity index (χ2n) is 5.95. The van der Waals surface area contributed by atoms with Crippen LogP contribution < -0.4 is 10.2 Å². The number of carbonyl (C=O) groups is 2. The molecule has 0 saturated carbocycles. The molecular formula is C17H19ClN2O3. The minimum absolute atomic E-state index is 0.0161. The number of carbonyl (C=O) groups excluding carboxylic acids is 2. The molecule has 1 heterocycles. The zero-order valence-corrected chi connectivity index (χ0v) is 13.4. The standard InChI is InChI=1S/C17H19ClN2O3/c18-12-4-6-14(15(9-12)20-7-1-2-16(20)22)17(23)19-13-5-3-11(8-13)10-21/h3-6,9,11,13,21H,1-2,7-8,10H2,(H,19,23)/t11-,13+/m0/s1. The zero-order valence-electron chi connectivity index (χ0n) is 12.7. The van der Waals surface area contributed by atoms with Crippen LogP contribution in [0.25, 0.3) is 0 Å². The Hall–Kier alpha value is -1.85. The summed E-state index contributed by atoms with van der Waals surface area (Å²) >= 11 is 6.05. The lowest BCUT2D eigenvalue weighted by Gasteiger charge is -2.21. The molecule has 23 heavy (non-hydrogen) atoms. The van der Waals surface area contributed by atoms with Gasteiger partial charge in [0.15, 0.2) is 0 Å². The van der Waals surface area contributed by atoms with E-state index in [4.69, 9.17) is 16.7 Å². The average Bonchev–Trinajstić information content (AvgIpc) is 3.15. The van der Waals surface area contributed by atoms with Gasteiger partial charge in [-0.3, -0.25) is 9.59 Å². The molecule has 0 unspecified atom stereocenters. The van der Waals surface area contributed by atoms with Gasteiger partial charge in [-0.1, -0.05) is 23.8 Å². The molecule has 1 fully saturated rings. The largest absolute Gasteiger partial charge is 0.396 e. The third-order valence-electron chi connectivity index (χ3n) is 4.29. The summed E-state index contributed by atoms with van der Waals surface area (Å²) in [6.07, 6.45) is 5.79. The van der Waals surface area contributed by atoms with Crippen LogP contribution in [-0.4, -0.2) is 36.1 Å². The van der Waals surface area contributed by atoms with E-state index in [1.807, 2.05) is 12.2 Å². The van der Waals surface area contributed by atoms with Crippen molar-refractivity contribution < 1.29 is 14.7 Å². The number of anilines is 1. The maximum Gasteiger partial charge on any atom is 0.253 e. The Morgan fingerprint density at radius 1 is 1.39 bits per heavy atom. The Morgan fingerprint density at radius 3 is 2.87 bits per heavy atom. The lowest BCUT2D eigenvalue weighted by Crippen LogP contribution is -2.35. The first kappa shape index (κ1) is 16.0. The van der Waals surface area contributed by atoms with Gasteiger partial charge < -0.3 is 15.3 Å². The summed E-state index contributed by atoms with van der Waals surface area (Å²) in [7, 11) is 0. The average molecular weight is 335 g/mol. The molecule has 2 atom stereocenters. The molecule has 1 saturated heterocycles. The summed E-state index contributed by atoms with van der Waals surface area (Å²) in [6, 6.07) is 4.88. The lowest BCUT2D eigenvalue weighted by atomic mass is 10.1. The van der Waals surface area contributed by atoms with Crippen molar-refractivity contribution in [3.63, 3.8) is 0 Å². The van der Waals surface area contributed by atoms with Gasteiger partial charge in [-0.2, -0.15) is 0 Å². The zero-order chi connectivity index (χ0) is 16.4. The Balaban J connectivity index is 1.80. The van der Waals surface area contributed by atoms with Crippen LogP contribution in [0.5, 0.6) is 0 Å². The van der Waals surface area contributed by atoms with Crippen LogP contribution in [0.4, 0.5) is 5.69 Å². The summed E-state index contributed by atoms with van der Waals surface area (Å²) in [4.78, 5) is 26.2. The van der Waals surface area contributed by atoms with Crippen molar-refractivity contribution in [2.24, 2.45) is 5.92 Å². The highest BCUT2D eigenvalue weighted by molar-refractivity contribution is 6.31. The van der Waals surface area contributed by atoms with E-state index >= 15 is 0 Å². The van der Waals surface area contributed by atoms with Crippen molar-refractivity contribution in [1.82, 2.24) is 5.32 Å². The summed E-state index contributed by atoms with van der Waals surface area (Å²) in [6.45, 7) is 0.687. The van der Waals surface area contributed by atoms with Crippen LogP contribution in [0.3, 0.4) is 0 Å². The fraction of sp³-hybridized carbons (Fsp3) is 0.412. The molecule has 0 aromatic heterocycles. The molecule has 2 amide bonds. The number of nitrogens with one attached hydrogen (secondary N) is 1. The Kier molecular flexibility index (Phi) is 4.68. The van der Waals surface area contributed by atoms with Gasteiger partial charge in [0.2, 0.25) is 5.91 Å². The predicted molar refractivity (Wildman–Crippen MR) is 88.6 cm³/mol. The van der Waals surface area contributed by atoms with E-state index in [9.17, 15) is 9.59 Å². The lowest BCUT2D eigenvalue weighted by molar-refractivity contribution is -0.117. The molecular weight excluding hydrogens is 316 g/mol. The molecule has 2 N–H and O–H groups in total. The van der Waals surface area contributed by atoms with Gasteiger partial charge in [-0.25, -0.2) is 0 Å². The van der Waals surface area contributed by atoms with E-state index < -0.39 is 0 Å². The minimum Gasteiger partial charge on any atom is -0.396 e. The van der Waals surface area contributed by atoms with Gasteiger partial charge in [-0.15, -0.1) is 0 Å². The smallest absolute Gasteiger partial charge is 0.253 e. The quantitative estimate of drug-likeness (QED) is 0.829. The van der Waals surface area contributed by atoms with Gasteiger partial charge in [0.05, 0.1) is 11.3 Å². The highest BCUT2D eigenvalue weighted by Crippen LogP contribution is 2.29. The molecule has 1 aliphatic heterocycles. The maximum absolute atomic E-state index is 12.6. The number of amides is 2. The van der Waals surface area contributed by atoms with Crippen molar-refractivity contribution in [2.45, 2.75) is 25.3 Å². The molecule has 122 valence electrons. The number of aliphatic hydroxyl groups is 1. The van der Waals surface area contributed by atoms with Crippen LogP contribution in [-0.2, 0) is 4.79 Å². The van der Waals surface area contributed by atoms with Crippen LogP contribution in [0.1, 0.15) is 29.6 Å². The molecule has 2 aliphatic rings. The fourth-order valence-electron chi connectivity index (χ4n) is 3.09. The number of halogens is 1. The van der Waals surface area contributed by atoms with E-state index in [0.29, 0.717) is 35.7 Å². The van der Waals surface area contributed by atoms with Gasteiger partial charge >= 0.3 is 0 Å². The highest BCUT2D eigenvalue weighted by atomic mass is 35.5. The third kappa shape index (κ3) is 3.41. The molecule has 0 spiro atoms. The first-order chi connectivity index (χ1) is 11.1. The van der Waals surface area contributed by atoms with E-state index in [-0.39, 0.29) is 30.4 Å². The number of hydrogen-bond acceptors (Lipinski definition) is 3. The van der Waals surface area contributed by atoms with Crippen LogP contribution in [0.2, 0.25) is 5.02 Å². The van der Waals surface area contributed by atoms with Crippen molar-refractivity contribution in [2.75, 3.05) is 18.1 Å². The second kappa shape index (κ2) is 6.72. The Bertz CT molecular complexity index is 659. The normalized spacial score (nSPS) is 23.6. The number of benzene rings is 1. The topological polar surface area (TPSA) is 69.6 Å². The maximum atomic E-state index is 12.6. The summed E-state index contributed by atoms with van der Waals surface area (Å²) in [5.74, 6) is -0.128. The molecule has 0 radical (unpaired) electrons. The van der Waals surface area contributed by atoms with Gasteiger partial charge in [0, 0.05) is 36.6 Å². The summed E-state index contributed by atoms with van der Waals surface area (Å²) in [5, 5.41) is 12.6. The van der Waals surface area contributed by atoms with E-state index in [1.165, 1.54) is 0 Å². The van der Waals surface area contributed by atoms with Crippen LogP contribution in [0, 0.1) is 5.92 Å². The van der Waals surface area contributed by atoms with Gasteiger partial charge in [-0.05, 0) is 31.0 Å². The number of nitrogens with zero attached hydrogens (tertiary/aromatic N) is 1. The molecule has 6 heteroatoms. The highest BCUT2D eigenvalue weighted by Gasteiger charge is 2.27. The molecule has 1 aromatic rings. The minimum atomic E-state index is -0.232. The SMILES string of the molecule is O=C(N[C@@H]1C=C[C@H](CO)C1)c1ccc(Cl)cc1N1CCCC1=O. The van der Waals surface area contributed by atoms with Crippen LogP contribution in [0.15, 0.2) is 30.4 Å². The number of hydrogen-bond donors (Lipinski definition) is 2. The van der Waals surface area contributed by atoms with E-state index in [1.54, 1.807) is 23.1 Å². The van der Waals surface area contributed by atoms with Crippen molar-refractivity contribution in [1.29, 1.82) is 0 Å². The number of aliphatic hydroxyl groups excluding tert-OH is 1. The van der Waals surface area contributed by atoms with Gasteiger partial charge in [0.1, 0.15) is 0 Å². The molecule has 3 rings (SSSR count). The molecule has 0 bridgehead atoms. The second-order valence-corrected chi connectivity index (χ2v) is 6.39. The Labute approximate surface area is 139 Å². The molecule has 1 aromatic carbocycles. The first-order valence-electron chi connectivity index (χ1n) is 7.78. The summed E-state index contributed by atoms with van der Waals surface area (Å²) < 4.78 is 0. The third-order valence-corrected chi connectivity index (χ3v) is 4.53. The fourth-order valence-corrected chi connectivity index (χ4v) is 3.25. The van der Waals surface area contributed by atoms with E-state index in [0.717, 1.165) is 6.42 Å². The van der Waals surface area contributed by atoms with Crippen LogP contribution >= 0.6 is 11.6 Å². The Morgan fingerprint density at radius 2 is 2.22 bits per heavy atom. The summed E-state index contributed by atoms with van der Waals surface area (Å²) in [5.41, 5.74) is 1.02. The van der Waals surface area contributed by atoms with Gasteiger partial charge in [0.25, 0.3) is 5.91 Å². The number of rotatable bonds is 4. The van der Waals surface area contributed by atoms with Crippen molar-refractivity contribution in [3.8, 4) is 0 Å². The monoisotopic (exact) mass is 334 g/mol. The molecule has 5 nitrogen and oxygen atoms in total. The van der Waals surface area contributed by atoms with Crippen molar-refractivity contribution in [3.05, 3.63) is 40.9 Å². The molecule has 1 aliphatic carbocycles. The van der Waals surface area contributed by atoms with Crippen molar-refractivity contribution >= 4 is 29.1 Å². The van der Waals surface area contributed by atoms with E-state index in [2.05, 4.69) is 5.32 Å².